The predicted octanol–water partition coefficient (Wildman–Crippen LogP) is 3.73. The van der Waals surface area contributed by atoms with E-state index in [9.17, 15) is 9.59 Å². The van der Waals surface area contributed by atoms with Crippen molar-refractivity contribution in [2.24, 2.45) is 5.92 Å². The van der Waals surface area contributed by atoms with Crippen molar-refractivity contribution in [1.29, 1.82) is 0 Å². The van der Waals surface area contributed by atoms with Gasteiger partial charge in [0.05, 0.1) is 20.3 Å². The summed E-state index contributed by atoms with van der Waals surface area (Å²) < 4.78 is 16.1. The maximum absolute atomic E-state index is 12.9. The number of nitrogens with one attached hydrogen (secondary N) is 2. The van der Waals surface area contributed by atoms with Crippen LogP contribution in [0.4, 0.5) is 0 Å². The largest absolute Gasteiger partial charge is 0.497 e. The maximum Gasteiger partial charge on any atom is 0.258 e. The van der Waals surface area contributed by atoms with Crippen molar-refractivity contribution in [3.63, 3.8) is 0 Å². The molecule has 2 aromatic rings. The van der Waals surface area contributed by atoms with E-state index < -0.39 is 0 Å². The Balaban J connectivity index is 2.13. The van der Waals surface area contributed by atoms with Crippen molar-refractivity contribution in [2.45, 2.75) is 39.8 Å². The van der Waals surface area contributed by atoms with Crippen LogP contribution in [0.5, 0.6) is 17.2 Å². The second-order valence-corrected chi connectivity index (χ2v) is 7.84. The van der Waals surface area contributed by atoms with Crippen molar-refractivity contribution >= 4 is 11.8 Å². The van der Waals surface area contributed by atoms with E-state index in [2.05, 4.69) is 24.5 Å². The molecule has 0 bridgehead atoms. The quantitative estimate of drug-likeness (QED) is 0.602. The number of ether oxygens (including phenoxy) is 3. The summed E-state index contributed by atoms with van der Waals surface area (Å²) in [6, 6.07) is 12.4. The molecule has 0 aliphatic carbocycles. The fourth-order valence-corrected chi connectivity index (χ4v) is 3.11. The first-order chi connectivity index (χ1) is 14.7. The normalized spacial score (nSPS) is 11.7. The van der Waals surface area contributed by atoms with Gasteiger partial charge in [-0.2, -0.15) is 0 Å². The fourth-order valence-electron chi connectivity index (χ4n) is 3.11. The van der Waals surface area contributed by atoms with Crippen LogP contribution in [0.1, 0.15) is 49.7 Å². The van der Waals surface area contributed by atoms with Crippen LogP contribution in [0.25, 0.3) is 0 Å². The number of hydrogen-bond acceptors (Lipinski definition) is 5. The first-order valence-electron chi connectivity index (χ1n) is 10.3. The van der Waals surface area contributed by atoms with Gasteiger partial charge in [-0.15, -0.1) is 0 Å². The number of rotatable bonds is 10. The maximum atomic E-state index is 12.9. The van der Waals surface area contributed by atoms with Gasteiger partial charge in [-0.3, -0.25) is 9.59 Å². The highest BCUT2D eigenvalue weighted by Crippen LogP contribution is 2.29. The Morgan fingerprint density at radius 2 is 1.55 bits per heavy atom. The Kier molecular flexibility index (Phi) is 8.73. The summed E-state index contributed by atoms with van der Waals surface area (Å²) in [6.45, 7) is 7.72. The van der Waals surface area contributed by atoms with Crippen LogP contribution in [0.3, 0.4) is 0 Å². The molecule has 168 valence electrons. The molecule has 2 N–H and O–H groups in total. The van der Waals surface area contributed by atoms with Gasteiger partial charge in [0.25, 0.3) is 11.8 Å². The van der Waals surface area contributed by atoms with Crippen molar-refractivity contribution in [1.82, 2.24) is 10.6 Å². The number of carbonyl (C=O) groups is 2. The van der Waals surface area contributed by atoms with E-state index >= 15 is 0 Å². The third-order valence-electron chi connectivity index (χ3n) is 4.66. The van der Waals surface area contributed by atoms with E-state index in [-0.39, 0.29) is 36.4 Å². The molecule has 0 aliphatic heterocycles. The average Bonchev–Trinajstić information content (AvgIpc) is 2.75. The van der Waals surface area contributed by atoms with Gasteiger partial charge >= 0.3 is 0 Å². The molecule has 0 saturated carbocycles. The summed E-state index contributed by atoms with van der Waals surface area (Å²) in [5.74, 6) is 1.28. The highest BCUT2D eigenvalue weighted by atomic mass is 16.5. The minimum absolute atomic E-state index is 0.0312. The lowest BCUT2D eigenvalue weighted by Crippen LogP contribution is -2.34. The monoisotopic (exact) mass is 428 g/mol. The van der Waals surface area contributed by atoms with Crippen molar-refractivity contribution < 1.29 is 23.8 Å². The highest BCUT2D eigenvalue weighted by Gasteiger charge is 2.20. The Bertz CT molecular complexity index is 878. The standard InChI is InChI=1S/C24H32N2O5/c1-15(2)23(17-7-10-19(29-5)11-8-17)26-24(28)18-9-12-20(21(13-18)30-6)31-14-22(27)25-16(3)4/h7-13,15-16,23H,14H2,1-6H3,(H,25,27)(H,26,28). The van der Waals surface area contributed by atoms with E-state index in [4.69, 9.17) is 14.2 Å². The van der Waals surface area contributed by atoms with Crippen LogP contribution in [0.15, 0.2) is 42.5 Å². The van der Waals surface area contributed by atoms with E-state index in [1.807, 2.05) is 38.1 Å². The number of methoxy groups -OCH3 is 2. The third-order valence-corrected chi connectivity index (χ3v) is 4.66. The lowest BCUT2D eigenvalue weighted by atomic mass is 9.95. The smallest absolute Gasteiger partial charge is 0.258 e. The molecule has 2 aromatic carbocycles. The van der Waals surface area contributed by atoms with Gasteiger partial charge in [0.1, 0.15) is 5.75 Å². The summed E-state index contributed by atoms with van der Waals surface area (Å²) >= 11 is 0. The molecule has 2 rings (SSSR count). The number of carbonyl (C=O) groups excluding carboxylic acids is 2. The zero-order valence-corrected chi connectivity index (χ0v) is 19.0. The Morgan fingerprint density at radius 1 is 0.871 bits per heavy atom. The molecular formula is C24H32N2O5. The molecule has 31 heavy (non-hydrogen) atoms. The minimum Gasteiger partial charge on any atom is -0.497 e. The number of hydrogen-bond donors (Lipinski definition) is 2. The first kappa shape index (κ1) is 24.1. The Hall–Kier alpha value is -3.22. The van der Waals surface area contributed by atoms with Gasteiger partial charge in [-0.05, 0) is 55.7 Å². The second kappa shape index (κ2) is 11.2. The molecule has 0 aromatic heterocycles. The van der Waals surface area contributed by atoms with E-state index in [1.165, 1.54) is 7.11 Å². The number of benzene rings is 2. The molecule has 0 heterocycles. The minimum atomic E-state index is -0.225. The molecule has 0 spiro atoms. The first-order valence-corrected chi connectivity index (χ1v) is 10.3. The average molecular weight is 429 g/mol. The lowest BCUT2D eigenvalue weighted by Gasteiger charge is -2.23. The fraction of sp³-hybridized carbons (Fsp3) is 0.417. The van der Waals surface area contributed by atoms with Gasteiger partial charge in [-0.1, -0.05) is 26.0 Å². The van der Waals surface area contributed by atoms with Crippen LogP contribution in [-0.2, 0) is 4.79 Å². The molecule has 7 heteroatoms. The molecule has 7 nitrogen and oxygen atoms in total. The van der Waals surface area contributed by atoms with E-state index in [1.54, 1.807) is 25.3 Å². The molecule has 1 unspecified atom stereocenters. The SMILES string of the molecule is COc1ccc(C(NC(=O)c2ccc(OCC(=O)NC(C)C)c(OC)c2)C(C)C)cc1. The number of amides is 2. The lowest BCUT2D eigenvalue weighted by molar-refractivity contribution is -0.123. The van der Waals surface area contributed by atoms with Crippen LogP contribution >= 0.6 is 0 Å². The van der Waals surface area contributed by atoms with Crippen LogP contribution in [0, 0.1) is 5.92 Å². The third kappa shape index (κ3) is 6.91. The highest BCUT2D eigenvalue weighted by molar-refractivity contribution is 5.95. The van der Waals surface area contributed by atoms with Gasteiger partial charge in [0.2, 0.25) is 0 Å². The van der Waals surface area contributed by atoms with Crippen LogP contribution in [0.2, 0.25) is 0 Å². The molecule has 0 aliphatic rings. The van der Waals surface area contributed by atoms with E-state index in [0.29, 0.717) is 17.1 Å². The molecule has 1 atom stereocenters. The van der Waals surface area contributed by atoms with Gasteiger partial charge < -0.3 is 24.8 Å². The summed E-state index contributed by atoms with van der Waals surface area (Å²) in [6.07, 6.45) is 0. The van der Waals surface area contributed by atoms with Gasteiger partial charge in [0.15, 0.2) is 18.1 Å². The predicted molar refractivity (Wildman–Crippen MR) is 120 cm³/mol. The molecule has 0 radical (unpaired) electrons. The topological polar surface area (TPSA) is 85.9 Å². The van der Waals surface area contributed by atoms with Gasteiger partial charge in [0, 0.05) is 11.6 Å². The van der Waals surface area contributed by atoms with E-state index in [0.717, 1.165) is 11.3 Å². The zero-order valence-electron chi connectivity index (χ0n) is 19.0. The van der Waals surface area contributed by atoms with Gasteiger partial charge in [-0.25, -0.2) is 0 Å². The summed E-state index contributed by atoms with van der Waals surface area (Å²) in [5, 5.41) is 5.85. The second-order valence-electron chi connectivity index (χ2n) is 7.84. The van der Waals surface area contributed by atoms with Crippen molar-refractivity contribution in [2.75, 3.05) is 20.8 Å². The Morgan fingerprint density at radius 3 is 2.10 bits per heavy atom. The Labute approximate surface area is 184 Å². The molecular weight excluding hydrogens is 396 g/mol. The van der Waals surface area contributed by atoms with Crippen molar-refractivity contribution in [3.05, 3.63) is 53.6 Å². The van der Waals surface area contributed by atoms with Crippen molar-refractivity contribution in [3.8, 4) is 17.2 Å². The zero-order chi connectivity index (χ0) is 23.0. The summed E-state index contributed by atoms with van der Waals surface area (Å²) in [4.78, 5) is 24.7. The summed E-state index contributed by atoms with van der Waals surface area (Å²) in [7, 11) is 3.11. The molecule has 2 amide bonds. The molecule has 0 saturated heterocycles. The molecule has 0 fully saturated rings. The van der Waals surface area contributed by atoms with Crippen LogP contribution in [-0.4, -0.2) is 38.7 Å². The summed E-state index contributed by atoms with van der Waals surface area (Å²) in [5.41, 5.74) is 1.43. The van der Waals surface area contributed by atoms with Crippen LogP contribution < -0.4 is 24.8 Å².